The summed E-state index contributed by atoms with van der Waals surface area (Å²) in [5.41, 5.74) is 0.809. The Kier molecular flexibility index (Phi) is 3.00. The molecule has 1 aromatic carbocycles. The van der Waals surface area contributed by atoms with Gasteiger partial charge >= 0.3 is 12.3 Å². The molecule has 0 aliphatic rings. The summed E-state index contributed by atoms with van der Waals surface area (Å²) in [4.78, 5) is 13.6. The standard InChI is InChI=1S/C11H8F3NO3/c12-11(13,14)18-5-6-1-2-9-7(3-6)8(4-15-9)10(16)17/h1-4,15H,5H2,(H,16,17). The number of aromatic nitrogens is 1. The van der Waals surface area contributed by atoms with Crippen LogP contribution in [-0.4, -0.2) is 22.4 Å². The van der Waals surface area contributed by atoms with Crippen molar-refractivity contribution in [2.75, 3.05) is 0 Å². The van der Waals surface area contributed by atoms with Crippen LogP contribution in [0.1, 0.15) is 15.9 Å². The molecule has 1 heterocycles. The number of carbonyl (C=O) groups is 1. The third-order valence-electron chi connectivity index (χ3n) is 2.38. The highest BCUT2D eigenvalue weighted by molar-refractivity contribution is 6.03. The molecule has 0 bridgehead atoms. The highest BCUT2D eigenvalue weighted by Gasteiger charge is 2.29. The number of rotatable bonds is 3. The molecule has 4 nitrogen and oxygen atoms in total. The maximum atomic E-state index is 11.9. The number of aromatic carboxylic acids is 1. The van der Waals surface area contributed by atoms with E-state index in [1.54, 1.807) is 0 Å². The second-order valence-electron chi connectivity index (χ2n) is 3.62. The van der Waals surface area contributed by atoms with E-state index in [1.165, 1.54) is 24.4 Å². The fourth-order valence-electron chi connectivity index (χ4n) is 1.60. The summed E-state index contributed by atoms with van der Waals surface area (Å²) in [6.45, 7) is -0.649. The summed E-state index contributed by atoms with van der Waals surface area (Å²) in [5, 5.41) is 9.24. The first-order valence-electron chi connectivity index (χ1n) is 4.91. The minimum Gasteiger partial charge on any atom is -0.478 e. The van der Waals surface area contributed by atoms with Crippen LogP contribution in [0.4, 0.5) is 13.2 Å². The third kappa shape index (κ3) is 2.62. The first-order valence-corrected chi connectivity index (χ1v) is 4.91. The van der Waals surface area contributed by atoms with E-state index in [0.29, 0.717) is 10.9 Å². The minimum atomic E-state index is -4.71. The largest absolute Gasteiger partial charge is 0.522 e. The number of hydrogen-bond acceptors (Lipinski definition) is 2. The molecule has 0 spiro atoms. The average Bonchev–Trinajstić information content (AvgIpc) is 2.68. The van der Waals surface area contributed by atoms with Crippen LogP contribution in [0, 0.1) is 0 Å². The van der Waals surface area contributed by atoms with Crippen molar-refractivity contribution in [1.29, 1.82) is 0 Å². The Hall–Kier alpha value is -2.02. The zero-order chi connectivity index (χ0) is 13.3. The molecule has 7 heteroatoms. The van der Waals surface area contributed by atoms with E-state index < -0.39 is 18.9 Å². The number of hydrogen-bond donors (Lipinski definition) is 2. The summed E-state index contributed by atoms with van der Waals surface area (Å²) >= 11 is 0. The molecule has 0 saturated heterocycles. The zero-order valence-electron chi connectivity index (χ0n) is 8.91. The third-order valence-corrected chi connectivity index (χ3v) is 2.38. The van der Waals surface area contributed by atoms with Gasteiger partial charge < -0.3 is 10.1 Å². The molecule has 0 unspecified atom stereocenters. The first-order chi connectivity index (χ1) is 8.37. The molecule has 0 radical (unpaired) electrons. The van der Waals surface area contributed by atoms with Gasteiger partial charge in [0.2, 0.25) is 0 Å². The maximum Gasteiger partial charge on any atom is 0.522 e. The number of benzene rings is 1. The van der Waals surface area contributed by atoms with Crippen LogP contribution in [0.3, 0.4) is 0 Å². The highest BCUT2D eigenvalue weighted by Crippen LogP contribution is 2.23. The highest BCUT2D eigenvalue weighted by atomic mass is 19.4. The number of carboxylic acids is 1. The van der Waals surface area contributed by atoms with E-state index in [0.717, 1.165) is 0 Å². The molecular formula is C11H8F3NO3. The van der Waals surface area contributed by atoms with Gasteiger partial charge in [0, 0.05) is 17.1 Å². The second-order valence-corrected chi connectivity index (χ2v) is 3.62. The molecule has 96 valence electrons. The summed E-state index contributed by atoms with van der Waals surface area (Å²) in [6.07, 6.45) is -3.41. The summed E-state index contributed by atoms with van der Waals surface area (Å²) in [5.74, 6) is -1.14. The number of H-pyrrole nitrogens is 1. The van der Waals surface area contributed by atoms with Gasteiger partial charge in [-0.3, -0.25) is 4.74 Å². The van der Waals surface area contributed by atoms with Crippen molar-refractivity contribution in [3.05, 3.63) is 35.5 Å². The quantitative estimate of drug-likeness (QED) is 0.890. The lowest BCUT2D eigenvalue weighted by Crippen LogP contribution is -2.12. The monoisotopic (exact) mass is 259 g/mol. The predicted octanol–water partition coefficient (Wildman–Crippen LogP) is 2.90. The molecule has 0 atom stereocenters. The number of halogens is 3. The Labute approximate surface area is 99.0 Å². The Morgan fingerprint density at radius 1 is 1.39 bits per heavy atom. The van der Waals surface area contributed by atoms with Crippen LogP contribution in [0.25, 0.3) is 10.9 Å². The Bertz CT molecular complexity index is 589. The van der Waals surface area contributed by atoms with Crippen molar-refractivity contribution in [1.82, 2.24) is 4.98 Å². The van der Waals surface area contributed by atoms with E-state index in [9.17, 15) is 18.0 Å². The molecule has 2 aromatic rings. The molecule has 0 fully saturated rings. The number of alkyl halides is 3. The normalized spacial score (nSPS) is 11.9. The molecule has 0 aliphatic carbocycles. The fraction of sp³-hybridized carbons (Fsp3) is 0.182. The molecule has 2 N–H and O–H groups in total. The maximum absolute atomic E-state index is 11.9. The second kappa shape index (κ2) is 4.34. The summed E-state index contributed by atoms with van der Waals surface area (Å²) < 4.78 is 39.3. The predicted molar refractivity (Wildman–Crippen MR) is 56.1 cm³/mol. The summed E-state index contributed by atoms with van der Waals surface area (Å²) in [6, 6.07) is 4.31. The van der Waals surface area contributed by atoms with Crippen LogP contribution in [0.2, 0.25) is 0 Å². The average molecular weight is 259 g/mol. The molecule has 0 amide bonds. The molecule has 0 aliphatic heterocycles. The van der Waals surface area contributed by atoms with Crippen LogP contribution < -0.4 is 0 Å². The van der Waals surface area contributed by atoms with Crippen LogP contribution in [-0.2, 0) is 11.3 Å². The van der Waals surface area contributed by atoms with E-state index in [4.69, 9.17) is 5.11 Å². The fourth-order valence-corrected chi connectivity index (χ4v) is 1.60. The van der Waals surface area contributed by atoms with Crippen molar-refractivity contribution in [2.24, 2.45) is 0 Å². The van der Waals surface area contributed by atoms with Crippen molar-refractivity contribution in [2.45, 2.75) is 13.0 Å². The number of nitrogens with one attached hydrogen (secondary N) is 1. The van der Waals surface area contributed by atoms with E-state index in [1.807, 2.05) is 0 Å². The number of ether oxygens (including phenoxy) is 1. The van der Waals surface area contributed by atoms with Crippen molar-refractivity contribution in [3.8, 4) is 0 Å². The van der Waals surface area contributed by atoms with Gasteiger partial charge in [0.05, 0.1) is 12.2 Å². The minimum absolute atomic E-state index is 0.0128. The molecule has 18 heavy (non-hydrogen) atoms. The van der Waals surface area contributed by atoms with Crippen LogP contribution in [0.5, 0.6) is 0 Å². The smallest absolute Gasteiger partial charge is 0.478 e. The van der Waals surface area contributed by atoms with Gasteiger partial charge in [-0.1, -0.05) is 6.07 Å². The number of aromatic amines is 1. The zero-order valence-corrected chi connectivity index (χ0v) is 8.91. The molecule has 2 rings (SSSR count). The van der Waals surface area contributed by atoms with Gasteiger partial charge in [-0.15, -0.1) is 13.2 Å². The van der Waals surface area contributed by atoms with Gasteiger partial charge in [-0.25, -0.2) is 4.79 Å². The van der Waals surface area contributed by atoms with Gasteiger partial charge in [0.15, 0.2) is 0 Å². The summed E-state index contributed by atoms with van der Waals surface area (Å²) in [7, 11) is 0. The molecule has 1 aromatic heterocycles. The van der Waals surface area contributed by atoms with Crippen LogP contribution >= 0.6 is 0 Å². The first kappa shape index (κ1) is 12.4. The lowest BCUT2D eigenvalue weighted by atomic mass is 10.1. The lowest BCUT2D eigenvalue weighted by molar-refractivity contribution is -0.330. The molecular weight excluding hydrogens is 251 g/mol. The topological polar surface area (TPSA) is 62.3 Å². The van der Waals surface area contributed by atoms with Gasteiger partial charge in [0.25, 0.3) is 0 Å². The van der Waals surface area contributed by atoms with Crippen molar-refractivity contribution in [3.63, 3.8) is 0 Å². The van der Waals surface area contributed by atoms with Crippen molar-refractivity contribution >= 4 is 16.9 Å². The van der Waals surface area contributed by atoms with E-state index in [-0.39, 0.29) is 11.1 Å². The van der Waals surface area contributed by atoms with Crippen molar-refractivity contribution < 1.29 is 27.8 Å². The Morgan fingerprint density at radius 2 is 2.11 bits per heavy atom. The van der Waals surface area contributed by atoms with Gasteiger partial charge in [-0.05, 0) is 17.7 Å². The molecule has 0 saturated carbocycles. The Morgan fingerprint density at radius 3 is 2.72 bits per heavy atom. The van der Waals surface area contributed by atoms with Crippen LogP contribution in [0.15, 0.2) is 24.4 Å². The SMILES string of the molecule is O=C(O)c1c[nH]c2ccc(COC(F)(F)F)cc12. The lowest BCUT2D eigenvalue weighted by Gasteiger charge is -2.07. The number of carboxylic acid groups (broad SMARTS) is 1. The van der Waals surface area contributed by atoms with E-state index in [2.05, 4.69) is 9.72 Å². The number of fused-ring (bicyclic) bond motifs is 1. The van der Waals surface area contributed by atoms with E-state index >= 15 is 0 Å². The Balaban J connectivity index is 2.31. The van der Waals surface area contributed by atoms with Gasteiger partial charge in [0.1, 0.15) is 0 Å². The van der Waals surface area contributed by atoms with Gasteiger partial charge in [-0.2, -0.15) is 0 Å².